The lowest BCUT2D eigenvalue weighted by atomic mass is 10.0. The van der Waals surface area contributed by atoms with Gasteiger partial charge in [-0.3, -0.25) is 9.59 Å². The Labute approximate surface area is 236 Å². The molecule has 0 aliphatic heterocycles. The molecule has 0 radical (unpaired) electrons. The summed E-state index contributed by atoms with van der Waals surface area (Å²) < 4.78 is 40.2. The first kappa shape index (κ1) is 29.2. The van der Waals surface area contributed by atoms with Crippen LogP contribution in [0.2, 0.25) is 5.02 Å². The highest BCUT2D eigenvalue weighted by Crippen LogP contribution is 2.28. The van der Waals surface area contributed by atoms with Crippen LogP contribution < -0.4 is 10.6 Å². The molecule has 0 aliphatic carbocycles. The van der Waals surface area contributed by atoms with Crippen molar-refractivity contribution >= 4 is 29.1 Å². The highest BCUT2D eigenvalue weighted by atomic mass is 35.5. The number of aryl methyl sites for hydroxylation is 1. The molecule has 212 valence electrons. The lowest BCUT2D eigenvalue weighted by Gasteiger charge is -2.16. The number of benzene rings is 1. The predicted octanol–water partition coefficient (Wildman–Crippen LogP) is 4.11. The highest BCUT2D eigenvalue weighted by molar-refractivity contribution is 6.32. The Morgan fingerprint density at radius 2 is 1.85 bits per heavy atom. The molecule has 3 aromatic heterocycles. The average molecular weight is 587 g/mol. The van der Waals surface area contributed by atoms with Crippen molar-refractivity contribution in [1.82, 2.24) is 40.3 Å². The number of pyridine rings is 1. The maximum atomic E-state index is 13.7. The first-order valence-electron chi connectivity index (χ1n) is 12.0. The number of hydrogen-bond acceptors (Lipinski definition) is 8. The van der Waals surface area contributed by atoms with Gasteiger partial charge < -0.3 is 10.6 Å². The number of alkyl halides is 3. The van der Waals surface area contributed by atoms with Crippen molar-refractivity contribution in [3.63, 3.8) is 0 Å². The fourth-order valence-corrected chi connectivity index (χ4v) is 4.00. The van der Waals surface area contributed by atoms with Gasteiger partial charge in [0.15, 0.2) is 5.82 Å². The zero-order valence-corrected chi connectivity index (χ0v) is 22.8. The minimum Gasteiger partial charge on any atom is -0.350 e. The highest BCUT2D eigenvalue weighted by Gasteiger charge is 2.37. The van der Waals surface area contributed by atoms with Gasteiger partial charge in [-0.1, -0.05) is 11.6 Å². The van der Waals surface area contributed by atoms with E-state index in [1.54, 1.807) is 26.8 Å². The molecule has 1 atom stereocenters. The molecule has 1 aromatic carbocycles. The van der Waals surface area contributed by atoms with Crippen molar-refractivity contribution < 1.29 is 22.8 Å². The second-order valence-electron chi connectivity index (χ2n) is 9.19. The molecule has 0 fully saturated rings. The number of amides is 2. The standard InChI is InChI=1S/C25H22ClF3N10O2/c1-12(2)32-22(40)16-9-15(11-30)8-13(3)20(16)33-23(41)19-10-18(35-38(19)21-17(26)6-5-7-31-21)14(4)39-36-24(34-37-39)25(27,28)29/h5-10,12,14H,1-4H3,(H,32,40)(H,33,41). The number of nitrogens with one attached hydrogen (secondary N) is 2. The van der Waals surface area contributed by atoms with Crippen LogP contribution in [0.3, 0.4) is 0 Å². The van der Waals surface area contributed by atoms with Crippen molar-refractivity contribution in [3.05, 3.63) is 75.5 Å². The van der Waals surface area contributed by atoms with Crippen LogP contribution in [0.15, 0.2) is 36.5 Å². The zero-order valence-electron chi connectivity index (χ0n) is 22.0. The van der Waals surface area contributed by atoms with Crippen LogP contribution in [0.1, 0.15) is 70.3 Å². The summed E-state index contributed by atoms with van der Waals surface area (Å²) in [5.41, 5.74) is 0.850. The third-order valence-corrected chi connectivity index (χ3v) is 6.02. The van der Waals surface area contributed by atoms with E-state index in [0.29, 0.717) is 5.56 Å². The van der Waals surface area contributed by atoms with E-state index in [0.717, 1.165) is 9.48 Å². The quantitative estimate of drug-likeness (QED) is 0.328. The lowest BCUT2D eigenvalue weighted by molar-refractivity contribution is -0.145. The van der Waals surface area contributed by atoms with Crippen LogP contribution in [0.4, 0.5) is 18.9 Å². The van der Waals surface area contributed by atoms with Crippen LogP contribution in [0, 0.1) is 18.3 Å². The maximum Gasteiger partial charge on any atom is 0.455 e. The molecule has 16 heteroatoms. The molecule has 12 nitrogen and oxygen atoms in total. The Morgan fingerprint density at radius 1 is 1.12 bits per heavy atom. The van der Waals surface area contributed by atoms with E-state index in [9.17, 15) is 28.0 Å². The monoisotopic (exact) mass is 586 g/mol. The van der Waals surface area contributed by atoms with Crippen LogP contribution >= 0.6 is 11.6 Å². The second kappa shape index (κ2) is 11.3. The van der Waals surface area contributed by atoms with E-state index >= 15 is 0 Å². The van der Waals surface area contributed by atoms with Crippen molar-refractivity contribution in [2.45, 2.75) is 46.0 Å². The molecule has 4 aromatic rings. The van der Waals surface area contributed by atoms with Gasteiger partial charge in [0.2, 0.25) is 0 Å². The van der Waals surface area contributed by atoms with Gasteiger partial charge in [-0.15, -0.1) is 10.2 Å². The Kier molecular flexibility index (Phi) is 8.06. The average Bonchev–Trinajstić information content (AvgIpc) is 3.57. The van der Waals surface area contributed by atoms with E-state index < -0.39 is 29.9 Å². The summed E-state index contributed by atoms with van der Waals surface area (Å²) in [7, 11) is 0. The van der Waals surface area contributed by atoms with Crippen LogP contribution in [-0.4, -0.2) is 52.8 Å². The van der Waals surface area contributed by atoms with Gasteiger partial charge in [0.1, 0.15) is 11.7 Å². The number of nitrogens with zero attached hydrogens (tertiary/aromatic N) is 8. The predicted molar refractivity (Wildman–Crippen MR) is 139 cm³/mol. The molecule has 1 unspecified atom stereocenters. The summed E-state index contributed by atoms with van der Waals surface area (Å²) in [6.07, 6.45) is -3.39. The van der Waals surface area contributed by atoms with Crippen LogP contribution in [0.5, 0.6) is 0 Å². The van der Waals surface area contributed by atoms with Crippen LogP contribution in [0.25, 0.3) is 5.82 Å². The Balaban J connectivity index is 1.79. The number of aromatic nitrogens is 7. The number of rotatable bonds is 7. The van der Waals surface area contributed by atoms with E-state index in [4.69, 9.17) is 11.6 Å². The number of anilines is 1. The minimum absolute atomic E-state index is 0.0608. The third kappa shape index (κ3) is 6.17. The van der Waals surface area contributed by atoms with Gasteiger partial charge in [-0.05, 0) is 68.8 Å². The molecule has 3 heterocycles. The fraction of sp³-hybridized carbons (Fsp3) is 0.280. The topological polar surface area (TPSA) is 156 Å². The maximum absolute atomic E-state index is 13.7. The molecule has 0 saturated carbocycles. The molecule has 2 N–H and O–H groups in total. The summed E-state index contributed by atoms with van der Waals surface area (Å²) in [5, 5.41) is 29.3. The molecular weight excluding hydrogens is 565 g/mol. The Hall–Kier alpha value is -4.84. The van der Waals surface area contributed by atoms with E-state index in [-0.39, 0.29) is 45.1 Å². The Bertz CT molecular complexity index is 1670. The van der Waals surface area contributed by atoms with Gasteiger partial charge >= 0.3 is 6.18 Å². The number of hydrogen-bond donors (Lipinski definition) is 2. The fourth-order valence-electron chi connectivity index (χ4n) is 3.80. The van der Waals surface area contributed by atoms with E-state index in [1.165, 1.54) is 37.4 Å². The second-order valence-corrected chi connectivity index (χ2v) is 9.60. The van der Waals surface area contributed by atoms with Gasteiger partial charge in [0.05, 0.1) is 33.6 Å². The Morgan fingerprint density at radius 3 is 2.46 bits per heavy atom. The van der Waals surface area contributed by atoms with Gasteiger partial charge in [0.25, 0.3) is 17.6 Å². The summed E-state index contributed by atoms with van der Waals surface area (Å²) >= 11 is 6.33. The molecule has 41 heavy (non-hydrogen) atoms. The van der Waals surface area contributed by atoms with Crippen LogP contribution in [-0.2, 0) is 6.18 Å². The summed E-state index contributed by atoms with van der Waals surface area (Å²) in [4.78, 5) is 31.6. The normalized spacial score (nSPS) is 12.2. The van der Waals surface area contributed by atoms with E-state index in [1.807, 2.05) is 6.07 Å². The van der Waals surface area contributed by atoms with Crippen molar-refractivity contribution in [1.29, 1.82) is 5.26 Å². The number of nitriles is 1. The molecule has 0 spiro atoms. The lowest BCUT2D eigenvalue weighted by Crippen LogP contribution is -2.31. The number of carbonyl (C=O) groups excluding carboxylic acids is 2. The van der Waals surface area contributed by atoms with Crippen molar-refractivity contribution in [2.75, 3.05) is 5.32 Å². The first-order valence-corrected chi connectivity index (χ1v) is 12.4. The van der Waals surface area contributed by atoms with Gasteiger partial charge in [-0.2, -0.15) is 28.3 Å². The van der Waals surface area contributed by atoms with Gasteiger partial charge in [-0.25, -0.2) is 9.67 Å². The number of tetrazole rings is 1. The van der Waals surface area contributed by atoms with Crippen molar-refractivity contribution in [3.8, 4) is 11.9 Å². The first-order chi connectivity index (χ1) is 19.3. The smallest absolute Gasteiger partial charge is 0.350 e. The molecule has 2 amide bonds. The molecule has 4 rings (SSSR count). The number of carbonyl (C=O) groups is 2. The molecule has 0 aliphatic rings. The van der Waals surface area contributed by atoms with Crippen molar-refractivity contribution in [2.24, 2.45) is 0 Å². The summed E-state index contributed by atoms with van der Waals surface area (Å²) in [5.74, 6) is -2.62. The molecule has 0 bridgehead atoms. The molecule has 0 saturated heterocycles. The summed E-state index contributed by atoms with van der Waals surface area (Å²) in [6, 6.07) is 8.04. The number of halogens is 4. The largest absolute Gasteiger partial charge is 0.455 e. The summed E-state index contributed by atoms with van der Waals surface area (Å²) in [6.45, 7) is 6.61. The SMILES string of the molecule is Cc1cc(C#N)cc(C(=O)NC(C)C)c1NC(=O)c1cc(C(C)n2nnc(C(F)(F)F)n2)nn1-c1ncccc1Cl. The van der Waals surface area contributed by atoms with Gasteiger partial charge in [0, 0.05) is 12.2 Å². The minimum atomic E-state index is -4.80. The zero-order chi connectivity index (χ0) is 30.1. The third-order valence-electron chi connectivity index (χ3n) is 5.72. The van der Waals surface area contributed by atoms with E-state index in [2.05, 4.69) is 36.1 Å². The molecular formula is C25H22ClF3N10O2.